The highest BCUT2D eigenvalue weighted by atomic mass is 16.6. The molecule has 0 rings (SSSR count). The highest BCUT2D eigenvalue weighted by Crippen LogP contribution is 2.18. The van der Waals surface area contributed by atoms with Gasteiger partial charge in [-0.05, 0) is 89.9 Å². The predicted octanol–water partition coefficient (Wildman–Crippen LogP) is 24.8. The Balaban J connectivity index is 4.17. The second-order valence-electron chi connectivity index (χ2n) is 24.1. The molecule has 6 heteroatoms. The lowest BCUT2D eigenvalue weighted by molar-refractivity contribution is -0.167. The van der Waals surface area contributed by atoms with Crippen molar-refractivity contribution in [3.63, 3.8) is 0 Å². The van der Waals surface area contributed by atoms with Gasteiger partial charge in [-0.25, -0.2) is 0 Å². The number of carbonyl (C=O) groups excluding carboxylic acids is 3. The van der Waals surface area contributed by atoms with Crippen LogP contribution in [0.4, 0.5) is 0 Å². The summed E-state index contributed by atoms with van der Waals surface area (Å²) in [6, 6.07) is 0. The minimum atomic E-state index is -0.781. The van der Waals surface area contributed by atoms with Gasteiger partial charge in [0.2, 0.25) is 0 Å². The minimum absolute atomic E-state index is 0.0760. The van der Waals surface area contributed by atoms with Gasteiger partial charge in [0.1, 0.15) is 13.2 Å². The van der Waals surface area contributed by atoms with E-state index in [1.54, 1.807) is 0 Å². The summed E-state index contributed by atoms with van der Waals surface area (Å²) in [7, 11) is 0. The van der Waals surface area contributed by atoms with Gasteiger partial charge in [-0.2, -0.15) is 0 Å². The van der Waals surface area contributed by atoms with Crippen LogP contribution in [0, 0.1) is 0 Å². The van der Waals surface area contributed by atoms with Crippen LogP contribution >= 0.6 is 0 Å². The second-order valence-corrected chi connectivity index (χ2v) is 24.1. The zero-order chi connectivity index (χ0) is 59.2. The van der Waals surface area contributed by atoms with Crippen LogP contribution in [0.15, 0.2) is 72.9 Å². The van der Waals surface area contributed by atoms with Crippen LogP contribution in [0.2, 0.25) is 0 Å². The number of hydrogen-bond donors (Lipinski definition) is 0. The fourth-order valence-electron chi connectivity index (χ4n) is 10.6. The first-order valence-electron chi connectivity index (χ1n) is 35.9. The van der Waals surface area contributed by atoms with E-state index in [2.05, 4.69) is 93.7 Å². The first-order valence-corrected chi connectivity index (χ1v) is 35.9. The van der Waals surface area contributed by atoms with Crippen molar-refractivity contribution in [1.82, 2.24) is 0 Å². The van der Waals surface area contributed by atoms with E-state index in [-0.39, 0.29) is 31.1 Å². The average molecular weight is 1150 g/mol. The van der Waals surface area contributed by atoms with Crippen molar-refractivity contribution in [3.05, 3.63) is 72.9 Å². The Labute approximate surface area is 510 Å². The number of unbranched alkanes of at least 4 members (excludes halogenated alkanes) is 43. The molecular formula is C76H136O6. The molecule has 0 aliphatic carbocycles. The topological polar surface area (TPSA) is 78.9 Å². The first kappa shape index (κ1) is 78.8. The highest BCUT2D eigenvalue weighted by Gasteiger charge is 2.19. The molecule has 82 heavy (non-hydrogen) atoms. The molecule has 0 saturated carbocycles. The van der Waals surface area contributed by atoms with Crippen LogP contribution in [-0.4, -0.2) is 37.2 Å². The highest BCUT2D eigenvalue weighted by molar-refractivity contribution is 5.71. The summed E-state index contributed by atoms with van der Waals surface area (Å²) in [5.41, 5.74) is 0. The lowest BCUT2D eigenvalue weighted by Crippen LogP contribution is -2.30. The van der Waals surface area contributed by atoms with Crippen molar-refractivity contribution in [1.29, 1.82) is 0 Å². The van der Waals surface area contributed by atoms with Gasteiger partial charge in [0.15, 0.2) is 6.10 Å². The van der Waals surface area contributed by atoms with Gasteiger partial charge >= 0.3 is 17.9 Å². The second kappa shape index (κ2) is 70.3. The van der Waals surface area contributed by atoms with Crippen molar-refractivity contribution in [2.24, 2.45) is 0 Å². The van der Waals surface area contributed by atoms with E-state index in [0.717, 1.165) is 109 Å². The average Bonchev–Trinajstić information content (AvgIpc) is 3.47. The summed E-state index contributed by atoms with van der Waals surface area (Å²) in [4.78, 5) is 38.4. The standard InChI is InChI=1S/C76H136O6/c1-4-7-10-13-16-19-22-25-28-30-31-32-33-34-35-36-37-38-39-40-41-42-43-44-45-46-49-51-54-57-60-63-66-69-75(78)81-72-73(71-80-74(77)68-65-62-59-56-53-50-47-27-24-21-18-15-12-9-6-3)82-76(79)70-67-64-61-58-55-52-48-29-26-23-20-17-14-11-8-5-2/h9,12,18,21-22,25,27,30-31,33-34,47,73H,4-8,10-11,13-17,19-20,23-24,26,28-29,32,35-46,48-72H2,1-3H3/b12-9-,21-18-,25-22-,31-30-,34-33-,47-27-. The zero-order valence-electron chi connectivity index (χ0n) is 54.8. The number of rotatable bonds is 66. The van der Waals surface area contributed by atoms with Crippen LogP contribution in [0.5, 0.6) is 0 Å². The van der Waals surface area contributed by atoms with Crippen molar-refractivity contribution >= 4 is 17.9 Å². The Hall–Kier alpha value is -3.15. The normalized spacial score (nSPS) is 12.5. The number of carbonyl (C=O) groups is 3. The van der Waals surface area contributed by atoms with Crippen molar-refractivity contribution in [2.45, 2.75) is 380 Å². The number of hydrogen-bond acceptors (Lipinski definition) is 6. The SMILES string of the molecule is CC/C=C\C/C=C\C/C=C\CCCCCCCC(=O)OCC(COC(=O)CCCCCCCCCCCCCCCCCCCC/C=C\C/C=C\C/C=C\CCCCCCC)OC(=O)CCCCCCCCCCCCCCCCCC. The molecule has 6 nitrogen and oxygen atoms in total. The molecule has 0 heterocycles. The summed E-state index contributed by atoms with van der Waals surface area (Å²) < 4.78 is 17.0. The van der Waals surface area contributed by atoms with E-state index in [1.165, 1.54) is 225 Å². The lowest BCUT2D eigenvalue weighted by Gasteiger charge is -2.18. The number of ether oxygens (including phenoxy) is 3. The van der Waals surface area contributed by atoms with E-state index in [4.69, 9.17) is 14.2 Å². The molecule has 0 fully saturated rings. The predicted molar refractivity (Wildman–Crippen MR) is 358 cm³/mol. The van der Waals surface area contributed by atoms with Crippen molar-refractivity contribution in [2.75, 3.05) is 13.2 Å². The smallest absolute Gasteiger partial charge is 0.306 e. The molecule has 1 unspecified atom stereocenters. The monoisotopic (exact) mass is 1150 g/mol. The molecule has 0 aromatic carbocycles. The van der Waals surface area contributed by atoms with Gasteiger partial charge in [0.05, 0.1) is 0 Å². The summed E-state index contributed by atoms with van der Waals surface area (Å²) in [5.74, 6) is -0.871. The first-order chi connectivity index (χ1) is 40.5. The molecule has 0 N–H and O–H groups in total. The maximum atomic E-state index is 12.9. The van der Waals surface area contributed by atoms with Gasteiger partial charge in [0, 0.05) is 19.3 Å². The van der Waals surface area contributed by atoms with E-state index in [0.29, 0.717) is 19.3 Å². The van der Waals surface area contributed by atoms with Crippen LogP contribution in [0.25, 0.3) is 0 Å². The molecule has 476 valence electrons. The molecule has 0 radical (unpaired) electrons. The molecule has 0 aliphatic rings. The summed E-state index contributed by atoms with van der Waals surface area (Å²) in [6.45, 7) is 6.56. The van der Waals surface area contributed by atoms with Crippen LogP contribution < -0.4 is 0 Å². The van der Waals surface area contributed by atoms with Gasteiger partial charge in [-0.1, -0.05) is 338 Å². The van der Waals surface area contributed by atoms with E-state index < -0.39 is 6.10 Å². The third-order valence-electron chi connectivity index (χ3n) is 15.9. The van der Waals surface area contributed by atoms with Crippen LogP contribution in [0.3, 0.4) is 0 Å². The van der Waals surface area contributed by atoms with E-state index >= 15 is 0 Å². The van der Waals surface area contributed by atoms with Crippen LogP contribution in [0.1, 0.15) is 374 Å². The molecule has 0 aromatic heterocycles. The molecule has 0 amide bonds. The summed E-state index contributed by atoms with van der Waals surface area (Å²) in [6.07, 6.45) is 92.3. The zero-order valence-corrected chi connectivity index (χ0v) is 54.8. The third kappa shape index (κ3) is 67.6. The Morgan fingerprint density at radius 2 is 0.476 bits per heavy atom. The lowest BCUT2D eigenvalue weighted by atomic mass is 10.0. The largest absolute Gasteiger partial charge is 0.462 e. The molecule has 0 aromatic rings. The molecule has 0 spiro atoms. The molecule has 0 bridgehead atoms. The fraction of sp³-hybridized carbons (Fsp3) is 0.803. The summed E-state index contributed by atoms with van der Waals surface area (Å²) in [5, 5.41) is 0. The molecule has 0 saturated heterocycles. The van der Waals surface area contributed by atoms with Gasteiger partial charge < -0.3 is 14.2 Å². The van der Waals surface area contributed by atoms with Gasteiger partial charge in [-0.15, -0.1) is 0 Å². The summed E-state index contributed by atoms with van der Waals surface area (Å²) >= 11 is 0. The van der Waals surface area contributed by atoms with Gasteiger partial charge in [-0.3, -0.25) is 14.4 Å². The van der Waals surface area contributed by atoms with Crippen molar-refractivity contribution < 1.29 is 28.6 Å². The molecular weight excluding hydrogens is 1010 g/mol. The van der Waals surface area contributed by atoms with Gasteiger partial charge in [0.25, 0.3) is 0 Å². The molecule has 1 atom stereocenters. The Kier molecular flexibility index (Phi) is 67.6. The molecule has 0 aliphatic heterocycles. The number of esters is 3. The number of allylic oxidation sites excluding steroid dienone is 12. The van der Waals surface area contributed by atoms with E-state index in [1.807, 2.05) is 0 Å². The Morgan fingerprint density at radius 3 is 0.744 bits per heavy atom. The maximum absolute atomic E-state index is 12.9. The third-order valence-corrected chi connectivity index (χ3v) is 15.9. The fourth-order valence-corrected chi connectivity index (χ4v) is 10.6. The quantitative estimate of drug-likeness (QED) is 0.0261. The van der Waals surface area contributed by atoms with Crippen molar-refractivity contribution in [3.8, 4) is 0 Å². The van der Waals surface area contributed by atoms with Crippen LogP contribution in [-0.2, 0) is 28.6 Å². The minimum Gasteiger partial charge on any atom is -0.462 e. The van der Waals surface area contributed by atoms with E-state index in [9.17, 15) is 14.4 Å². The Morgan fingerprint density at radius 1 is 0.256 bits per heavy atom. The Bertz CT molecular complexity index is 1500. The maximum Gasteiger partial charge on any atom is 0.306 e.